The molecule has 0 aliphatic heterocycles. The summed E-state index contributed by atoms with van der Waals surface area (Å²) >= 11 is 0. The third-order valence-electron chi connectivity index (χ3n) is 5.39. The fourth-order valence-corrected chi connectivity index (χ4v) is 3.56. The van der Waals surface area contributed by atoms with Gasteiger partial charge in [-0.15, -0.1) is 0 Å². The SMILES string of the molecule is COc1cccc(C(CNC(=O)Nc2ccc(N(C)Cc3ccccc3)cc2)N(C)C)c1. The maximum absolute atomic E-state index is 12.5. The normalized spacial score (nSPS) is 11.7. The minimum atomic E-state index is -0.231. The van der Waals surface area contributed by atoms with E-state index >= 15 is 0 Å². The maximum atomic E-state index is 12.5. The van der Waals surface area contributed by atoms with Gasteiger partial charge in [0.1, 0.15) is 5.75 Å². The Bertz CT molecular complexity index is 990. The molecule has 0 radical (unpaired) electrons. The van der Waals surface area contributed by atoms with E-state index in [-0.39, 0.29) is 12.1 Å². The van der Waals surface area contributed by atoms with Gasteiger partial charge in [-0.25, -0.2) is 4.79 Å². The predicted molar refractivity (Wildman–Crippen MR) is 131 cm³/mol. The summed E-state index contributed by atoms with van der Waals surface area (Å²) in [5.41, 5.74) is 4.18. The molecule has 2 amide bonds. The quantitative estimate of drug-likeness (QED) is 0.512. The highest BCUT2D eigenvalue weighted by Gasteiger charge is 2.16. The van der Waals surface area contributed by atoms with Gasteiger partial charge in [0.2, 0.25) is 0 Å². The van der Waals surface area contributed by atoms with Crippen molar-refractivity contribution in [3.05, 3.63) is 90.0 Å². The average molecular weight is 433 g/mol. The zero-order valence-electron chi connectivity index (χ0n) is 19.2. The molecular formula is C26H32N4O2. The zero-order chi connectivity index (χ0) is 22.9. The first-order valence-electron chi connectivity index (χ1n) is 10.7. The van der Waals surface area contributed by atoms with Crippen LogP contribution in [0, 0.1) is 0 Å². The first-order chi connectivity index (χ1) is 15.5. The number of anilines is 2. The first-order valence-corrected chi connectivity index (χ1v) is 10.7. The molecule has 0 aliphatic rings. The number of carbonyl (C=O) groups excluding carboxylic acids is 1. The number of carbonyl (C=O) groups is 1. The molecule has 3 rings (SSSR count). The van der Waals surface area contributed by atoms with E-state index in [2.05, 4.69) is 39.6 Å². The number of benzene rings is 3. The van der Waals surface area contributed by atoms with Crippen LogP contribution in [0.15, 0.2) is 78.9 Å². The van der Waals surface area contributed by atoms with Gasteiger partial charge in [-0.3, -0.25) is 0 Å². The molecule has 0 aliphatic carbocycles. The number of urea groups is 1. The van der Waals surface area contributed by atoms with E-state index in [1.54, 1.807) is 7.11 Å². The van der Waals surface area contributed by atoms with Crippen LogP contribution in [0.2, 0.25) is 0 Å². The van der Waals surface area contributed by atoms with Gasteiger partial charge in [0.25, 0.3) is 0 Å². The Balaban J connectivity index is 1.54. The second-order valence-electron chi connectivity index (χ2n) is 7.98. The summed E-state index contributed by atoms with van der Waals surface area (Å²) in [5, 5.41) is 5.89. The van der Waals surface area contributed by atoms with Crippen molar-refractivity contribution in [3.8, 4) is 5.75 Å². The van der Waals surface area contributed by atoms with Crippen molar-refractivity contribution in [3.63, 3.8) is 0 Å². The van der Waals surface area contributed by atoms with Gasteiger partial charge in [-0.05, 0) is 61.6 Å². The number of nitrogens with zero attached hydrogens (tertiary/aromatic N) is 2. The number of likely N-dealkylation sites (N-methyl/N-ethyl adjacent to an activating group) is 1. The van der Waals surface area contributed by atoms with Crippen LogP contribution in [0.3, 0.4) is 0 Å². The van der Waals surface area contributed by atoms with E-state index in [9.17, 15) is 4.79 Å². The molecule has 0 saturated carbocycles. The zero-order valence-corrected chi connectivity index (χ0v) is 19.2. The predicted octanol–water partition coefficient (Wildman–Crippen LogP) is 4.76. The summed E-state index contributed by atoms with van der Waals surface area (Å²) in [5.74, 6) is 0.802. The molecule has 168 valence electrons. The minimum Gasteiger partial charge on any atom is -0.497 e. The standard InChI is InChI=1S/C26H32N4O2/c1-29(2)25(21-11-8-12-24(17-21)32-4)18-27-26(31)28-22-13-15-23(16-14-22)30(3)19-20-9-6-5-7-10-20/h5-17,25H,18-19H2,1-4H3,(H2,27,28,31). The molecule has 0 saturated heterocycles. The van der Waals surface area contributed by atoms with E-state index in [1.165, 1.54) is 5.56 Å². The van der Waals surface area contributed by atoms with Crippen LogP contribution in [0.5, 0.6) is 5.75 Å². The molecule has 2 N–H and O–H groups in total. The Morgan fingerprint density at radius 1 is 0.938 bits per heavy atom. The van der Waals surface area contributed by atoms with Crippen LogP contribution in [0.1, 0.15) is 17.2 Å². The molecular weight excluding hydrogens is 400 g/mol. The van der Waals surface area contributed by atoms with Crippen molar-refractivity contribution >= 4 is 17.4 Å². The maximum Gasteiger partial charge on any atom is 0.319 e. The van der Waals surface area contributed by atoms with Gasteiger partial charge in [0.05, 0.1) is 13.2 Å². The largest absolute Gasteiger partial charge is 0.497 e. The summed E-state index contributed by atoms with van der Waals surface area (Å²) in [4.78, 5) is 16.7. The minimum absolute atomic E-state index is 0.0323. The van der Waals surface area contributed by atoms with Crippen molar-refractivity contribution in [2.45, 2.75) is 12.6 Å². The Morgan fingerprint density at radius 3 is 2.31 bits per heavy atom. The van der Waals surface area contributed by atoms with Gasteiger partial charge in [-0.2, -0.15) is 0 Å². The van der Waals surface area contributed by atoms with Gasteiger partial charge in [0.15, 0.2) is 0 Å². The van der Waals surface area contributed by atoms with Crippen LogP contribution in [0.4, 0.5) is 16.2 Å². The van der Waals surface area contributed by atoms with E-state index < -0.39 is 0 Å². The number of methoxy groups -OCH3 is 1. The van der Waals surface area contributed by atoms with Crippen molar-refractivity contribution < 1.29 is 9.53 Å². The second-order valence-corrected chi connectivity index (χ2v) is 7.98. The average Bonchev–Trinajstić information content (AvgIpc) is 2.80. The highest BCUT2D eigenvalue weighted by molar-refractivity contribution is 5.89. The van der Waals surface area contributed by atoms with Crippen LogP contribution < -0.4 is 20.3 Å². The van der Waals surface area contributed by atoms with Gasteiger partial charge >= 0.3 is 6.03 Å². The summed E-state index contributed by atoms with van der Waals surface area (Å²) in [6.45, 7) is 1.30. The molecule has 0 spiro atoms. The van der Waals surface area contributed by atoms with Crippen LogP contribution in [-0.4, -0.2) is 45.7 Å². The topological polar surface area (TPSA) is 56.8 Å². The Morgan fingerprint density at radius 2 is 1.66 bits per heavy atom. The van der Waals surface area contributed by atoms with E-state index in [0.29, 0.717) is 6.54 Å². The lowest BCUT2D eigenvalue weighted by Gasteiger charge is -2.25. The first kappa shape index (κ1) is 23.2. The second kappa shape index (κ2) is 11.2. The number of rotatable bonds is 9. The lowest BCUT2D eigenvalue weighted by Crippen LogP contribution is -2.36. The Hall–Kier alpha value is -3.51. The molecule has 6 heteroatoms. The molecule has 3 aromatic rings. The third kappa shape index (κ3) is 6.49. The number of hydrogen-bond donors (Lipinski definition) is 2. The van der Waals surface area contributed by atoms with E-state index in [1.807, 2.05) is 80.8 Å². The van der Waals surface area contributed by atoms with Crippen molar-refractivity contribution in [1.82, 2.24) is 10.2 Å². The number of amides is 2. The molecule has 0 aromatic heterocycles. The molecule has 0 bridgehead atoms. The summed E-state index contributed by atoms with van der Waals surface area (Å²) < 4.78 is 5.33. The van der Waals surface area contributed by atoms with Crippen LogP contribution >= 0.6 is 0 Å². The molecule has 3 aromatic carbocycles. The van der Waals surface area contributed by atoms with Crippen molar-refractivity contribution in [2.75, 3.05) is 45.0 Å². The summed E-state index contributed by atoms with van der Waals surface area (Å²) in [6, 6.07) is 25.9. The number of hydrogen-bond acceptors (Lipinski definition) is 4. The Labute approximate surface area is 190 Å². The smallest absolute Gasteiger partial charge is 0.319 e. The van der Waals surface area contributed by atoms with Gasteiger partial charge in [0, 0.05) is 31.5 Å². The summed E-state index contributed by atoms with van der Waals surface area (Å²) in [7, 11) is 7.70. The lowest BCUT2D eigenvalue weighted by molar-refractivity contribution is 0.243. The molecule has 32 heavy (non-hydrogen) atoms. The fourth-order valence-electron chi connectivity index (χ4n) is 3.56. The fraction of sp³-hybridized carbons (Fsp3) is 0.269. The molecule has 0 fully saturated rings. The van der Waals surface area contributed by atoms with Crippen LogP contribution in [0.25, 0.3) is 0 Å². The van der Waals surface area contributed by atoms with Gasteiger partial charge in [-0.1, -0.05) is 42.5 Å². The van der Waals surface area contributed by atoms with Crippen molar-refractivity contribution in [1.29, 1.82) is 0 Å². The van der Waals surface area contributed by atoms with Crippen molar-refractivity contribution in [2.24, 2.45) is 0 Å². The monoisotopic (exact) mass is 432 g/mol. The highest BCUT2D eigenvalue weighted by atomic mass is 16.5. The molecule has 6 nitrogen and oxygen atoms in total. The van der Waals surface area contributed by atoms with E-state index in [4.69, 9.17) is 4.74 Å². The van der Waals surface area contributed by atoms with Gasteiger partial charge < -0.3 is 25.2 Å². The van der Waals surface area contributed by atoms with Crippen LogP contribution in [-0.2, 0) is 6.54 Å². The number of nitrogens with one attached hydrogen (secondary N) is 2. The third-order valence-corrected chi connectivity index (χ3v) is 5.39. The molecule has 1 unspecified atom stereocenters. The Kier molecular flexibility index (Phi) is 8.11. The lowest BCUT2D eigenvalue weighted by atomic mass is 10.1. The highest BCUT2D eigenvalue weighted by Crippen LogP contribution is 2.22. The van der Waals surface area contributed by atoms with E-state index in [0.717, 1.165) is 29.2 Å². The number of ether oxygens (including phenoxy) is 1. The molecule has 0 heterocycles. The molecule has 1 atom stereocenters. The summed E-state index contributed by atoms with van der Waals surface area (Å²) in [6.07, 6.45) is 0.